The Labute approximate surface area is 76.9 Å². The molecule has 0 aromatic carbocycles. The minimum Gasteiger partial charge on any atom is -0.316 e. The Morgan fingerprint density at radius 3 is 2.58 bits per heavy atom. The SMILES string of the molecule is [CH2]CCCNCC1CCCCC1. The molecule has 0 aliphatic heterocycles. The number of rotatable bonds is 5. The Kier molecular flexibility index (Phi) is 5.42. The Morgan fingerprint density at radius 2 is 1.92 bits per heavy atom. The van der Waals surface area contributed by atoms with E-state index in [1.165, 1.54) is 51.6 Å². The number of hydrogen-bond acceptors (Lipinski definition) is 1. The van der Waals surface area contributed by atoms with Gasteiger partial charge >= 0.3 is 0 Å². The van der Waals surface area contributed by atoms with Crippen LogP contribution in [-0.4, -0.2) is 13.1 Å². The molecule has 0 aromatic rings. The van der Waals surface area contributed by atoms with E-state index in [9.17, 15) is 0 Å². The largest absolute Gasteiger partial charge is 0.316 e. The van der Waals surface area contributed by atoms with E-state index in [1.54, 1.807) is 0 Å². The lowest BCUT2D eigenvalue weighted by Gasteiger charge is -2.21. The molecular formula is C11H22N. The van der Waals surface area contributed by atoms with Crippen LogP contribution in [0.15, 0.2) is 0 Å². The van der Waals surface area contributed by atoms with Gasteiger partial charge in [0.15, 0.2) is 0 Å². The van der Waals surface area contributed by atoms with Gasteiger partial charge < -0.3 is 5.32 Å². The summed E-state index contributed by atoms with van der Waals surface area (Å²) in [7, 11) is 0. The standard InChI is InChI=1S/C11H22N/c1-2-3-9-12-10-11-7-5-4-6-8-11/h11-12H,1-10H2. The smallest absolute Gasteiger partial charge is 0.00205 e. The van der Waals surface area contributed by atoms with Crippen molar-refractivity contribution in [3.8, 4) is 0 Å². The molecule has 71 valence electrons. The summed E-state index contributed by atoms with van der Waals surface area (Å²) in [5.74, 6) is 0.976. The lowest BCUT2D eigenvalue weighted by molar-refractivity contribution is 0.342. The molecule has 0 bridgehead atoms. The maximum atomic E-state index is 3.83. The summed E-state index contributed by atoms with van der Waals surface area (Å²) in [6.07, 6.45) is 9.60. The first-order chi connectivity index (χ1) is 5.93. The molecule has 0 saturated heterocycles. The Balaban J connectivity index is 1.91. The molecule has 1 radical (unpaired) electrons. The summed E-state index contributed by atoms with van der Waals surface area (Å²) >= 11 is 0. The van der Waals surface area contributed by atoms with Gasteiger partial charge in [-0.25, -0.2) is 0 Å². The van der Waals surface area contributed by atoms with Gasteiger partial charge in [-0.2, -0.15) is 0 Å². The third-order valence-corrected chi connectivity index (χ3v) is 2.76. The number of unbranched alkanes of at least 4 members (excludes halogenated alkanes) is 1. The van der Waals surface area contributed by atoms with Crippen LogP contribution in [0.25, 0.3) is 0 Å². The zero-order chi connectivity index (χ0) is 8.65. The highest BCUT2D eigenvalue weighted by atomic mass is 14.8. The van der Waals surface area contributed by atoms with Crippen molar-refractivity contribution in [3.63, 3.8) is 0 Å². The van der Waals surface area contributed by atoms with Gasteiger partial charge in [-0.3, -0.25) is 0 Å². The first-order valence-electron chi connectivity index (χ1n) is 5.43. The molecule has 12 heavy (non-hydrogen) atoms. The van der Waals surface area contributed by atoms with Gasteiger partial charge in [0.1, 0.15) is 0 Å². The molecule has 0 spiro atoms. The van der Waals surface area contributed by atoms with E-state index in [1.807, 2.05) is 0 Å². The van der Waals surface area contributed by atoms with Crippen LogP contribution in [0.4, 0.5) is 0 Å². The Morgan fingerprint density at radius 1 is 1.17 bits per heavy atom. The maximum absolute atomic E-state index is 3.83. The fourth-order valence-corrected chi connectivity index (χ4v) is 1.95. The molecule has 1 saturated carbocycles. The van der Waals surface area contributed by atoms with Crippen LogP contribution in [-0.2, 0) is 0 Å². The summed E-state index contributed by atoms with van der Waals surface area (Å²) in [5, 5.41) is 3.52. The molecule has 0 unspecified atom stereocenters. The Hall–Kier alpha value is -0.0400. The summed E-state index contributed by atoms with van der Waals surface area (Å²) in [6.45, 7) is 6.25. The van der Waals surface area contributed by atoms with E-state index >= 15 is 0 Å². The van der Waals surface area contributed by atoms with Crippen molar-refractivity contribution < 1.29 is 0 Å². The fourth-order valence-electron chi connectivity index (χ4n) is 1.95. The van der Waals surface area contributed by atoms with Crippen molar-refractivity contribution in [2.75, 3.05) is 13.1 Å². The highest BCUT2D eigenvalue weighted by Crippen LogP contribution is 2.22. The van der Waals surface area contributed by atoms with E-state index in [0.717, 1.165) is 12.3 Å². The molecule has 0 amide bonds. The van der Waals surface area contributed by atoms with E-state index in [4.69, 9.17) is 0 Å². The minimum absolute atomic E-state index is 0.976. The van der Waals surface area contributed by atoms with E-state index in [0.29, 0.717) is 0 Å². The van der Waals surface area contributed by atoms with Gasteiger partial charge in [-0.1, -0.05) is 32.6 Å². The fraction of sp³-hybridized carbons (Fsp3) is 0.909. The molecule has 0 heterocycles. The van der Waals surface area contributed by atoms with Gasteiger partial charge in [0.2, 0.25) is 0 Å². The third kappa shape index (κ3) is 4.10. The van der Waals surface area contributed by atoms with Crippen LogP contribution in [0.1, 0.15) is 44.9 Å². The van der Waals surface area contributed by atoms with Crippen molar-refractivity contribution in [3.05, 3.63) is 6.92 Å². The topological polar surface area (TPSA) is 12.0 Å². The van der Waals surface area contributed by atoms with Gasteiger partial charge in [-0.05, 0) is 38.3 Å². The second-order valence-corrected chi connectivity index (χ2v) is 3.92. The lowest BCUT2D eigenvalue weighted by Crippen LogP contribution is -2.25. The highest BCUT2D eigenvalue weighted by Gasteiger charge is 2.11. The molecule has 1 aliphatic carbocycles. The zero-order valence-corrected chi connectivity index (χ0v) is 8.15. The quantitative estimate of drug-likeness (QED) is 0.622. The van der Waals surface area contributed by atoms with E-state index < -0.39 is 0 Å². The third-order valence-electron chi connectivity index (χ3n) is 2.76. The van der Waals surface area contributed by atoms with Crippen molar-refractivity contribution >= 4 is 0 Å². The molecule has 0 aromatic heterocycles. The van der Waals surface area contributed by atoms with Crippen LogP contribution in [0.2, 0.25) is 0 Å². The van der Waals surface area contributed by atoms with Gasteiger partial charge in [0, 0.05) is 0 Å². The predicted molar refractivity (Wildman–Crippen MR) is 54.0 cm³/mol. The summed E-state index contributed by atoms with van der Waals surface area (Å²) in [6, 6.07) is 0. The zero-order valence-electron chi connectivity index (χ0n) is 8.15. The predicted octanol–water partition coefficient (Wildman–Crippen LogP) is 2.77. The molecule has 1 aliphatic rings. The van der Waals surface area contributed by atoms with Gasteiger partial charge in [0.25, 0.3) is 0 Å². The van der Waals surface area contributed by atoms with Crippen LogP contribution >= 0.6 is 0 Å². The highest BCUT2D eigenvalue weighted by molar-refractivity contribution is 4.67. The summed E-state index contributed by atoms with van der Waals surface area (Å²) in [5.41, 5.74) is 0. The second-order valence-electron chi connectivity index (χ2n) is 3.92. The van der Waals surface area contributed by atoms with Crippen molar-refractivity contribution in [1.82, 2.24) is 5.32 Å². The minimum atomic E-state index is 0.976. The number of nitrogens with one attached hydrogen (secondary N) is 1. The van der Waals surface area contributed by atoms with Crippen molar-refractivity contribution in [2.24, 2.45) is 5.92 Å². The van der Waals surface area contributed by atoms with Crippen LogP contribution in [0.3, 0.4) is 0 Å². The average Bonchev–Trinajstić information content (AvgIpc) is 2.14. The van der Waals surface area contributed by atoms with E-state index in [2.05, 4.69) is 12.2 Å². The molecule has 0 atom stereocenters. The molecule has 1 heteroatoms. The molecule has 1 N–H and O–H groups in total. The van der Waals surface area contributed by atoms with E-state index in [-0.39, 0.29) is 0 Å². The molecule has 1 nitrogen and oxygen atoms in total. The molecular weight excluding hydrogens is 146 g/mol. The van der Waals surface area contributed by atoms with Crippen molar-refractivity contribution in [1.29, 1.82) is 0 Å². The first-order valence-corrected chi connectivity index (χ1v) is 5.43. The summed E-state index contributed by atoms with van der Waals surface area (Å²) in [4.78, 5) is 0. The second kappa shape index (κ2) is 6.47. The molecule has 1 rings (SSSR count). The lowest BCUT2D eigenvalue weighted by atomic mass is 9.89. The Bertz CT molecular complexity index is 95.2. The van der Waals surface area contributed by atoms with Crippen LogP contribution in [0.5, 0.6) is 0 Å². The van der Waals surface area contributed by atoms with Gasteiger partial charge in [0.05, 0.1) is 0 Å². The monoisotopic (exact) mass is 168 g/mol. The summed E-state index contributed by atoms with van der Waals surface area (Å²) < 4.78 is 0. The normalized spacial score (nSPS) is 19.8. The first kappa shape index (κ1) is 10.0. The van der Waals surface area contributed by atoms with Crippen LogP contribution < -0.4 is 5.32 Å². The molecule has 1 fully saturated rings. The number of hydrogen-bond donors (Lipinski definition) is 1. The van der Waals surface area contributed by atoms with Crippen LogP contribution in [0, 0.1) is 12.8 Å². The average molecular weight is 168 g/mol. The van der Waals surface area contributed by atoms with Crippen molar-refractivity contribution in [2.45, 2.75) is 44.9 Å². The van der Waals surface area contributed by atoms with Gasteiger partial charge in [-0.15, -0.1) is 0 Å². The maximum Gasteiger partial charge on any atom is -0.00205 e.